The smallest absolute Gasteiger partial charge is 0.239 e. The van der Waals surface area contributed by atoms with Crippen LogP contribution in [-0.4, -0.2) is 41.0 Å². The van der Waals surface area contributed by atoms with Gasteiger partial charge >= 0.3 is 0 Å². The lowest BCUT2D eigenvalue weighted by Crippen LogP contribution is -2.51. The van der Waals surface area contributed by atoms with E-state index < -0.39 is 0 Å². The summed E-state index contributed by atoms with van der Waals surface area (Å²) in [5.74, 6) is 0.477. The Labute approximate surface area is 177 Å². The number of carbonyl (C=O) groups is 1. The Hall–Kier alpha value is -2.11. The molecule has 0 aliphatic carbocycles. The molecule has 4 nitrogen and oxygen atoms in total. The molecule has 5 heteroatoms. The van der Waals surface area contributed by atoms with Crippen molar-refractivity contribution in [1.29, 1.82) is 0 Å². The summed E-state index contributed by atoms with van der Waals surface area (Å²) in [6.07, 6.45) is 6.68. The van der Waals surface area contributed by atoms with Crippen molar-refractivity contribution < 1.29 is 4.79 Å². The summed E-state index contributed by atoms with van der Waals surface area (Å²) in [4.78, 5) is 20.0. The summed E-state index contributed by atoms with van der Waals surface area (Å²) in [7, 11) is 0. The fourth-order valence-corrected chi connectivity index (χ4v) is 5.43. The number of piperidine rings is 1. The lowest BCUT2D eigenvalue weighted by Gasteiger charge is -2.37. The number of aromatic amines is 1. The molecule has 3 aromatic rings. The first-order valence-corrected chi connectivity index (χ1v) is 11.7. The van der Waals surface area contributed by atoms with Gasteiger partial charge in [0.2, 0.25) is 5.91 Å². The van der Waals surface area contributed by atoms with Crippen molar-refractivity contribution >= 4 is 28.1 Å². The number of carbonyl (C=O) groups excluding carboxylic acids is 1. The Morgan fingerprint density at radius 1 is 1.28 bits per heavy atom. The first kappa shape index (κ1) is 20.2. The number of rotatable bonds is 7. The zero-order valence-corrected chi connectivity index (χ0v) is 18.2. The van der Waals surface area contributed by atoms with Crippen molar-refractivity contribution in [3.8, 4) is 0 Å². The van der Waals surface area contributed by atoms with E-state index in [4.69, 9.17) is 0 Å². The average Bonchev–Trinajstić information content (AvgIpc) is 3.44. The molecule has 0 bridgehead atoms. The van der Waals surface area contributed by atoms with Crippen molar-refractivity contribution in [2.75, 3.05) is 13.1 Å². The standard InChI is InChI=1S/C24H31N3OS/c1-3-18-9-6-7-13-27(18)24(28)17(2)25-16-21(23-12-8-14-29-23)20-15-26-22-11-5-4-10-19(20)22/h4-5,8,10-12,14-15,17-18,21,25-26H,3,6-7,9,13,16H2,1-2H3/t17-,18+,21+/m0/s1. The summed E-state index contributed by atoms with van der Waals surface area (Å²) in [6.45, 7) is 5.86. The molecule has 3 heterocycles. The molecule has 1 fully saturated rings. The lowest BCUT2D eigenvalue weighted by atomic mass is 9.96. The predicted molar refractivity (Wildman–Crippen MR) is 122 cm³/mol. The van der Waals surface area contributed by atoms with Crippen LogP contribution in [0.1, 0.15) is 55.9 Å². The number of fused-ring (bicyclic) bond motifs is 1. The third-order valence-corrected chi connectivity index (χ3v) is 7.25. The molecule has 0 spiro atoms. The van der Waals surface area contributed by atoms with Crippen molar-refractivity contribution in [3.05, 3.63) is 58.4 Å². The molecular formula is C24H31N3OS. The van der Waals surface area contributed by atoms with E-state index >= 15 is 0 Å². The normalized spacial score (nSPS) is 19.4. The first-order chi connectivity index (χ1) is 14.2. The maximum atomic E-state index is 13.1. The van der Waals surface area contributed by atoms with Gasteiger partial charge in [-0.3, -0.25) is 4.79 Å². The molecule has 154 valence electrons. The minimum absolute atomic E-state index is 0.171. The summed E-state index contributed by atoms with van der Waals surface area (Å²) < 4.78 is 0. The number of H-pyrrole nitrogens is 1. The van der Waals surface area contributed by atoms with Crippen LogP contribution in [0.15, 0.2) is 48.0 Å². The molecule has 3 atom stereocenters. The highest BCUT2D eigenvalue weighted by atomic mass is 32.1. The molecule has 2 aromatic heterocycles. The summed E-state index contributed by atoms with van der Waals surface area (Å²) in [5.41, 5.74) is 2.45. The minimum Gasteiger partial charge on any atom is -0.361 e. The molecule has 1 aliphatic rings. The molecule has 0 unspecified atom stereocenters. The van der Waals surface area contributed by atoms with Crippen LogP contribution in [0.2, 0.25) is 0 Å². The Bertz CT molecular complexity index is 933. The van der Waals surface area contributed by atoms with E-state index in [1.807, 2.05) is 6.92 Å². The van der Waals surface area contributed by atoms with Gasteiger partial charge in [0.05, 0.1) is 6.04 Å². The van der Waals surface area contributed by atoms with Crippen molar-refractivity contribution in [1.82, 2.24) is 15.2 Å². The molecule has 1 saturated heterocycles. The fraction of sp³-hybridized carbons (Fsp3) is 0.458. The zero-order valence-electron chi connectivity index (χ0n) is 17.4. The third kappa shape index (κ3) is 4.26. The number of para-hydroxylation sites is 1. The van der Waals surface area contributed by atoms with Gasteiger partial charge in [-0.25, -0.2) is 0 Å². The van der Waals surface area contributed by atoms with Gasteiger partial charge in [0, 0.05) is 47.0 Å². The molecular weight excluding hydrogens is 378 g/mol. The van der Waals surface area contributed by atoms with Crippen molar-refractivity contribution in [2.24, 2.45) is 0 Å². The molecule has 4 rings (SSSR count). The summed E-state index contributed by atoms with van der Waals surface area (Å²) in [5, 5.41) is 6.96. The number of hydrogen-bond donors (Lipinski definition) is 2. The van der Waals surface area contributed by atoms with Crippen molar-refractivity contribution in [2.45, 2.75) is 57.5 Å². The van der Waals surface area contributed by atoms with Gasteiger partial charge < -0.3 is 15.2 Å². The van der Waals surface area contributed by atoms with Gasteiger partial charge in [-0.2, -0.15) is 0 Å². The zero-order chi connectivity index (χ0) is 20.2. The second-order valence-electron chi connectivity index (χ2n) is 8.08. The highest BCUT2D eigenvalue weighted by Gasteiger charge is 2.29. The summed E-state index contributed by atoms with van der Waals surface area (Å²) >= 11 is 1.78. The van der Waals surface area contributed by atoms with Crippen LogP contribution in [0.5, 0.6) is 0 Å². The van der Waals surface area contributed by atoms with Gasteiger partial charge in [-0.05, 0) is 55.7 Å². The van der Waals surface area contributed by atoms with Gasteiger partial charge in [0.15, 0.2) is 0 Å². The number of nitrogens with one attached hydrogen (secondary N) is 2. The van der Waals surface area contributed by atoms with E-state index in [0.717, 1.165) is 37.9 Å². The molecule has 0 saturated carbocycles. The summed E-state index contributed by atoms with van der Waals surface area (Å²) in [6, 6.07) is 13.0. The Morgan fingerprint density at radius 2 is 2.14 bits per heavy atom. The number of aromatic nitrogens is 1. The second-order valence-corrected chi connectivity index (χ2v) is 9.06. The molecule has 0 radical (unpaired) electrons. The average molecular weight is 410 g/mol. The van der Waals surface area contributed by atoms with Gasteiger partial charge in [0.25, 0.3) is 0 Å². The maximum Gasteiger partial charge on any atom is 0.239 e. The minimum atomic E-state index is -0.171. The van der Waals surface area contributed by atoms with Gasteiger partial charge in [0.1, 0.15) is 0 Å². The first-order valence-electron chi connectivity index (χ1n) is 10.8. The van der Waals surface area contributed by atoms with Crippen LogP contribution in [-0.2, 0) is 4.79 Å². The van der Waals surface area contributed by atoms with Crippen LogP contribution in [0.3, 0.4) is 0 Å². The second kappa shape index (κ2) is 9.14. The quantitative estimate of drug-likeness (QED) is 0.568. The number of hydrogen-bond acceptors (Lipinski definition) is 3. The Balaban J connectivity index is 1.51. The Morgan fingerprint density at radius 3 is 2.93 bits per heavy atom. The van der Waals surface area contributed by atoms with Gasteiger partial charge in [-0.15, -0.1) is 11.3 Å². The van der Waals surface area contributed by atoms with Crippen LogP contribution < -0.4 is 5.32 Å². The van der Waals surface area contributed by atoms with Crippen LogP contribution >= 0.6 is 11.3 Å². The van der Waals surface area contributed by atoms with Gasteiger partial charge in [-0.1, -0.05) is 31.2 Å². The van der Waals surface area contributed by atoms with E-state index in [9.17, 15) is 4.79 Å². The predicted octanol–water partition coefficient (Wildman–Crippen LogP) is 5.13. The number of amides is 1. The van der Waals surface area contributed by atoms with Crippen molar-refractivity contribution in [3.63, 3.8) is 0 Å². The van der Waals surface area contributed by atoms with Crippen LogP contribution in [0.25, 0.3) is 10.9 Å². The number of likely N-dealkylation sites (tertiary alicyclic amines) is 1. The maximum absolute atomic E-state index is 13.1. The SMILES string of the molecule is CC[C@@H]1CCCCN1C(=O)[C@H](C)NC[C@@H](c1cccs1)c1c[nH]c2ccccc12. The van der Waals surface area contributed by atoms with E-state index in [-0.39, 0.29) is 17.9 Å². The number of nitrogens with zero attached hydrogens (tertiary/aromatic N) is 1. The van der Waals surface area contributed by atoms with Crippen LogP contribution in [0, 0.1) is 0 Å². The third-order valence-electron chi connectivity index (χ3n) is 6.26. The molecule has 1 amide bonds. The molecule has 1 aliphatic heterocycles. The van der Waals surface area contributed by atoms with Crippen LogP contribution in [0.4, 0.5) is 0 Å². The van der Waals surface area contributed by atoms with E-state index in [1.54, 1.807) is 11.3 Å². The molecule has 1 aromatic carbocycles. The van der Waals surface area contributed by atoms with E-state index in [2.05, 4.69) is 70.1 Å². The van der Waals surface area contributed by atoms with E-state index in [1.165, 1.54) is 22.2 Å². The number of benzene rings is 1. The monoisotopic (exact) mass is 409 g/mol. The highest BCUT2D eigenvalue weighted by molar-refractivity contribution is 7.10. The molecule has 2 N–H and O–H groups in total. The largest absolute Gasteiger partial charge is 0.361 e. The topological polar surface area (TPSA) is 48.1 Å². The fourth-order valence-electron chi connectivity index (χ4n) is 4.58. The molecule has 29 heavy (non-hydrogen) atoms. The van der Waals surface area contributed by atoms with E-state index in [0.29, 0.717) is 6.04 Å². The number of thiophene rings is 1. The lowest BCUT2D eigenvalue weighted by molar-refractivity contribution is -0.136. The highest BCUT2D eigenvalue weighted by Crippen LogP contribution is 2.33. The Kier molecular flexibility index (Phi) is 6.36.